The van der Waals surface area contributed by atoms with Gasteiger partial charge in [0.05, 0.1) is 11.7 Å². The lowest BCUT2D eigenvalue weighted by Gasteiger charge is -2.21. The highest BCUT2D eigenvalue weighted by molar-refractivity contribution is 5.90. The smallest absolute Gasteiger partial charge is 0.414 e. The number of carbonyl (C=O) groups is 2. The van der Waals surface area contributed by atoms with E-state index in [-0.39, 0.29) is 25.1 Å². The highest BCUT2D eigenvalue weighted by Crippen LogP contribution is 2.25. The van der Waals surface area contributed by atoms with Crippen molar-refractivity contribution in [2.45, 2.75) is 13.0 Å². The highest BCUT2D eigenvalue weighted by atomic mass is 19.1. The second-order valence-electron chi connectivity index (χ2n) is 4.45. The molecule has 1 unspecified atom stereocenters. The van der Waals surface area contributed by atoms with Gasteiger partial charge < -0.3 is 10.1 Å². The third-order valence-electron chi connectivity index (χ3n) is 3.03. The van der Waals surface area contributed by atoms with Gasteiger partial charge in [-0.2, -0.15) is 0 Å². The van der Waals surface area contributed by atoms with Gasteiger partial charge in [-0.25, -0.2) is 9.18 Å². The van der Waals surface area contributed by atoms with E-state index in [0.717, 1.165) is 0 Å². The minimum atomic E-state index is -0.550. The molecule has 1 fully saturated rings. The van der Waals surface area contributed by atoms with Crippen molar-refractivity contribution < 1.29 is 18.7 Å². The SMILES string of the molecule is C=Cc1ccc(N2C(=O)OCC2CNC(C)=O)cc1F. The Morgan fingerprint density at radius 3 is 3.00 bits per heavy atom. The van der Waals surface area contributed by atoms with Crippen molar-refractivity contribution in [3.05, 3.63) is 36.2 Å². The molecule has 1 heterocycles. The Labute approximate surface area is 116 Å². The molecule has 6 heteroatoms. The molecule has 0 aromatic heterocycles. The van der Waals surface area contributed by atoms with Crippen molar-refractivity contribution in [1.82, 2.24) is 5.32 Å². The molecular weight excluding hydrogens is 263 g/mol. The standard InChI is InChI=1S/C14H15FN2O3/c1-3-10-4-5-11(6-13(10)15)17-12(7-16-9(2)18)8-20-14(17)19/h3-6,12H,1,7-8H2,2H3,(H,16,18). The van der Waals surface area contributed by atoms with Crippen molar-refractivity contribution >= 4 is 23.8 Å². The van der Waals surface area contributed by atoms with Crippen LogP contribution < -0.4 is 10.2 Å². The van der Waals surface area contributed by atoms with Gasteiger partial charge in [0.15, 0.2) is 0 Å². The first kappa shape index (κ1) is 14.0. The molecule has 1 aromatic rings. The Morgan fingerprint density at radius 1 is 1.65 bits per heavy atom. The first-order chi connectivity index (χ1) is 9.52. The fourth-order valence-corrected chi connectivity index (χ4v) is 2.02. The van der Waals surface area contributed by atoms with Crippen LogP contribution in [0.15, 0.2) is 24.8 Å². The van der Waals surface area contributed by atoms with Crippen molar-refractivity contribution in [2.75, 3.05) is 18.1 Å². The number of nitrogens with zero attached hydrogens (tertiary/aromatic N) is 1. The molecule has 0 aliphatic carbocycles. The normalized spacial score (nSPS) is 17.8. The summed E-state index contributed by atoms with van der Waals surface area (Å²) in [6, 6.07) is 4.07. The fraction of sp³-hybridized carbons (Fsp3) is 0.286. The molecule has 0 spiro atoms. The van der Waals surface area contributed by atoms with Crippen LogP contribution in [0.1, 0.15) is 12.5 Å². The quantitative estimate of drug-likeness (QED) is 0.915. The molecule has 0 bridgehead atoms. The number of hydrogen-bond acceptors (Lipinski definition) is 3. The maximum Gasteiger partial charge on any atom is 0.414 e. The van der Waals surface area contributed by atoms with Crippen LogP contribution in [0, 0.1) is 5.82 Å². The Bertz CT molecular complexity index is 559. The molecule has 1 saturated heterocycles. The monoisotopic (exact) mass is 278 g/mol. The summed E-state index contributed by atoms with van der Waals surface area (Å²) < 4.78 is 18.7. The van der Waals surface area contributed by atoms with E-state index >= 15 is 0 Å². The van der Waals surface area contributed by atoms with E-state index in [2.05, 4.69) is 11.9 Å². The highest BCUT2D eigenvalue weighted by Gasteiger charge is 2.34. The zero-order valence-electron chi connectivity index (χ0n) is 11.1. The van der Waals surface area contributed by atoms with Crippen molar-refractivity contribution in [3.63, 3.8) is 0 Å². The lowest BCUT2D eigenvalue weighted by atomic mass is 10.1. The molecule has 1 N–H and O–H groups in total. The van der Waals surface area contributed by atoms with Gasteiger partial charge in [0, 0.05) is 19.0 Å². The third kappa shape index (κ3) is 2.79. The summed E-state index contributed by atoms with van der Waals surface area (Å²) in [4.78, 5) is 24.0. The molecule has 1 aliphatic rings. The van der Waals surface area contributed by atoms with E-state index in [1.165, 1.54) is 24.0 Å². The van der Waals surface area contributed by atoms with Crippen LogP contribution in [0.5, 0.6) is 0 Å². The van der Waals surface area contributed by atoms with Crippen LogP contribution >= 0.6 is 0 Å². The van der Waals surface area contributed by atoms with E-state index < -0.39 is 11.9 Å². The van der Waals surface area contributed by atoms with Crippen LogP contribution in [0.2, 0.25) is 0 Å². The van der Waals surface area contributed by atoms with E-state index in [0.29, 0.717) is 11.3 Å². The van der Waals surface area contributed by atoms with Gasteiger partial charge in [-0.05, 0) is 18.2 Å². The van der Waals surface area contributed by atoms with E-state index in [4.69, 9.17) is 4.74 Å². The molecule has 1 atom stereocenters. The average Bonchev–Trinajstić information content (AvgIpc) is 2.77. The summed E-state index contributed by atoms with van der Waals surface area (Å²) >= 11 is 0. The van der Waals surface area contributed by atoms with Crippen LogP contribution in [0.4, 0.5) is 14.9 Å². The topological polar surface area (TPSA) is 58.6 Å². The number of cyclic esters (lactones) is 1. The van der Waals surface area contributed by atoms with Crippen molar-refractivity contribution in [1.29, 1.82) is 0 Å². The molecule has 5 nitrogen and oxygen atoms in total. The number of carbonyl (C=O) groups excluding carboxylic acids is 2. The maximum atomic E-state index is 13.8. The molecular formula is C14H15FN2O3. The number of amides is 2. The van der Waals surface area contributed by atoms with Gasteiger partial charge >= 0.3 is 6.09 Å². The van der Waals surface area contributed by atoms with Gasteiger partial charge in [0.2, 0.25) is 5.91 Å². The lowest BCUT2D eigenvalue weighted by molar-refractivity contribution is -0.119. The molecule has 106 valence electrons. The van der Waals surface area contributed by atoms with E-state index in [1.807, 2.05) is 0 Å². The molecule has 0 saturated carbocycles. The molecule has 20 heavy (non-hydrogen) atoms. The molecule has 2 rings (SSSR count). The minimum absolute atomic E-state index is 0.157. The molecule has 2 amide bonds. The van der Waals surface area contributed by atoms with Gasteiger partial charge in [-0.15, -0.1) is 0 Å². The number of benzene rings is 1. The summed E-state index contributed by atoms with van der Waals surface area (Å²) in [6.45, 7) is 5.31. The van der Waals surface area contributed by atoms with Crippen LogP contribution in [-0.4, -0.2) is 31.2 Å². The summed E-state index contributed by atoms with van der Waals surface area (Å²) in [5, 5.41) is 2.62. The predicted octanol–water partition coefficient (Wildman–Crippen LogP) is 1.93. The zero-order valence-corrected chi connectivity index (χ0v) is 11.1. The van der Waals surface area contributed by atoms with Gasteiger partial charge in [0.25, 0.3) is 0 Å². The van der Waals surface area contributed by atoms with Crippen LogP contribution in [0.25, 0.3) is 6.08 Å². The number of halogens is 1. The van der Waals surface area contributed by atoms with Crippen LogP contribution in [0.3, 0.4) is 0 Å². The van der Waals surface area contributed by atoms with Gasteiger partial charge in [-0.3, -0.25) is 9.69 Å². The maximum absolute atomic E-state index is 13.8. The zero-order chi connectivity index (χ0) is 14.7. The number of anilines is 1. The van der Waals surface area contributed by atoms with E-state index in [9.17, 15) is 14.0 Å². The largest absolute Gasteiger partial charge is 0.447 e. The second-order valence-corrected chi connectivity index (χ2v) is 4.45. The third-order valence-corrected chi connectivity index (χ3v) is 3.03. The molecule has 1 aliphatic heterocycles. The first-order valence-corrected chi connectivity index (χ1v) is 6.15. The van der Waals surface area contributed by atoms with Crippen molar-refractivity contribution in [3.8, 4) is 0 Å². The molecule has 0 radical (unpaired) electrons. The number of rotatable bonds is 4. The minimum Gasteiger partial charge on any atom is -0.447 e. The number of ether oxygens (including phenoxy) is 1. The van der Waals surface area contributed by atoms with Gasteiger partial charge in [-0.1, -0.05) is 12.7 Å². The van der Waals surface area contributed by atoms with Crippen molar-refractivity contribution in [2.24, 2.45) is 0 Å². The fourth-order valence-electron chi connectivity index (χ4n) is 2.02. The Morgan fingerprint density at radius 2 is 2.40 bits per heavy atom. The van der Waals surface area contributed by atoms with Crippen LogP contribution in [-0.2, 0) is 9.53 Å². The second kappa shape index (κ2) is 5.73. The first-order valence-electron chi connectivity index (χ1n) is 6.15. The summed E-state index contributed by atoms with van der Waals surface area (Å²) in [6.07, 6.45) is 0.849. The Hall–Kier alpha value is -2.37. The number of nitrogens with one attached hydrogen (secondary N) is 1. The number of hydrogen-bond donors (Lipinski definition) is 1. The summed E-state index contributed by atoms with van der Waals surface area (Å²) in [5.74, 6) is -0.659. The molecule has 1 aromatic carbocycles. The summed E-state index contributed by atoms with van der Waals surface area (Å²) in [7, 11) is 0. The Balaban J connectivity index is 2.23. The summed E-state index contributed by atoms with van der Waals surface area (Å²) in [5.41, 5.74) is 0.755. The van der Waals surface area contributed by atoms with E-state index in [1.54, 1.807) is 12.1 Å². The predicted molar refractivity (Wildman–Crippen MR) is 72.8 cm³/mol. The van der Waals surface area contributed by atoms with Gasteiger partial charge in [0.1, 0.15) is 12.4 Å². The Kier molecular flexibility index (Phi) is 4.02. The lowest BCUT2D eigenvalue weighted by Crippen LogP contribution is -2.42. The average molecular weight is 278 g/mol.